The molecule has 0 bridgehead atoms. The van der Waals surface area contributed by atoms with E-state index < -0.39 is 0 Å². The first-order valence-electron chi connectivity index (χ1n) is 8.49. The van der Waals surface area contributed by atoms with E-state index in [-0.39, 0.29) is 12.3 Å². The van der Waals surface area contributed by atoms with Crippen molar-refractivity contribution in [3.63, 3.8) is 0 Å². The molecule has 1 amide bonds. The van der Waals surface area contributed by atoms with Crippen LogP contribution in [0.2, 0.25) is 0 Å². The van der Waals surface area contributed by atoms with Gasteiger partial charge in [0.25, 0.3) is 0 Å². The van der Waals surface area contributed by atoms with Gasteiger partial charge in [-0.15, -0.1) is 0 Å². The molecule has 134 valence electrons. The number of methoxy groups -OCH3 is 1. The molecule has 1 N–H and O–H groups in total. The van der Waals surface area contributed by atoms with Crippen LogP contribution in [0.1, 0.15) is 22.6 Å². The molecule has 5 nitrogen and oxygen atoms in total. The van der Waals surface area contributed by atoms with Crippen LogP contribution in [-0.2, 0) is 17.8 Å². The van der Waals surface area contributed by atoms with Crippen molar-refractivity contribution >= 4 is 5.91 Å². The van der Waals surface area contributed by atoms with E-state index in [9.17, 15) is 4.79 Å². The van der Waals surface area contributed by atoms with E-state index in [0.717, 1.165) is 16.7 Å². The van der Waals surface area contributed by atoms with Crippen LogP contribution < -0.4 is 10.1 Å². The number of carbonyl (C=O) groups is 1. The van der Waals surface area contributed by atoms with E-state index in [0.29, 0.717) is 29.6 Å². The molecule has 5 heteroatoms. The summed E-state index contributed by atoms with van der Waals surface area (Å²) in [5, 5.41) is 2.94. The van der Waals surface area contributed by atoms with Crippen molar-refractivity contribution in [2.75, 3.05) is 7.11 Å². The van der Waals surface area contributed by atoms with Crippen molar-refractivity contribution in [2.45, 2.75) is 26.8 Å². The molecule has 0 aliphatic carbocycles. The smallest absolute Gasteiger partial charge is 0.230 e. The topological polar surface area (TPSA) is 64.4 Å². The predicted octanol–water partition coefficient (Wildman–Crippen LogP) is 3.83. The number of nitrogens with one attached hydrogen (secondary N) is 1. The van der Waals surface area contributed by atoms with Crippen molar-refractivity contribution in [1.29, 1.82) is 0 Å². The van der Waals surface area contributed by atoms with Crippen molar-refractivity contribution in [3.8, 4) is 17.2 Å². The van der Waals surface area contributed by atoms with Gasteiger partial charge in [0.1, 0.15) is 11.5 Å². The fourth-order valence-corrected chi connectivity index (χ4v) is 2.75. The number of benzene rings is 2. The lowest BCUT2D eigenvalue weighted by atomic mass is 10.1. The van der Waals surface area contributed by atoms with Crippen LogP contribution in [0.15, 0.2) is 52.9 Å². The average molecular weight is 350 g/mol. The monoisotopic (exact) mass is 350 g/mol. The van der Waals surface area contributed by atoms with Gasteiger partial charge in [-0.25, -0.2) is 4.98 Å². The number of aryl methyl sites for hydroxylation is 2. The van der Waals surface area contributed by atoms with E-state index >= 15 is 0 Å². The summed E-state index contributed by atoms with van der Waals surface area (Å²) in [6.07, 6.45) is 0.177. The fourth-order valence-electron chi connectivity index (χ4n) is 2.75. The Morgan fingerprint density at radius 1 is 1.12 bits per heavy atom. The Morgan fingerprint density at radius 3 is 2.62 bits per heavy atom. The highest BCUT2D eigenvalue weighted by atomic mass is 16.5. The zero-order valence-corrected chi connectivity index (χ0v) is 15.2. The Morgan fingerprint density at radius 2 is 1.85 bits per heavy atom. The van der Waals surface area contributed by atoms with Crippen LogP contribution in [0.25, 0.3) is 11.5 Å². The number of para-hydroxylation sites is 1. The van der Waals surface area contributed by atoms with E-state index in [1.54, 1.807) is 7.11 Å². The van der Waals surface area contributed by atoms with Crippen molar-refractivity contribution in [3.05, 3.63) is 71.1 Å². The van der Waals surface area contributed by atoms with Crippen molar-refractivity contribution in [2.24, 2.45) is 0 Å². The molecule has 3 aromatic rings. The number of oxazole rings is 1. The van der Waals surface area contributed by atoms with E-state index in [1.165, 1.54) is 0 Å². The van der Waals surface area contributed by atoms with Gasteiger partial charge in [0.2, 0.25) is 11.8 Å². The van der Waals surface area contributed by atoms with E-state index in [4.69, 9.17) is 9.15 Å². The minimum Gasteiger partial charge on any atom is -0.496 e. The predicted molar refractivity (Wildman–Crippen MR) is 100.0 cm³/mol. The first-order chi connectivity index (χ1) is 12.6. The van der Waals surface area contributed by atoms with Crippen LogP contribution in [0.5, 0.6) is 5.75 Å². The highest BCUT2D eigenvalue weighted by Crippen LogP contribution is 2.30. The number of carbonyl (C=O) groups excluding carboxylic acids is 1. The Kier molecular flexibility index (Phi) is 5.37. The summed E-state index contributed by atoms with van der Waals surface area (Å²) in [5.74, 6) is 1.69. The summed E-state index contributed by atoms with van der Waals surface area (Å²) in [6.45, 7) is 4.35. The molecule has 26 heavy (non-hydrogen) atoms. The molecule has 0 radical (unpaired) electrons. The van der Waals surface area contributed by atoms with Crippen LogP contribution >= 0.6 is 0 Å². The zero-order chi connectivity index (χ0) is 18.5. The normalized spacial score (nSPS) is 10.6. The maximum atomic E-state index is 12.3. The molecule has 0 spiro atoms. The van der Waals surface area contributed by atoms with Gasteiger partial charge < -0.3 is 14.5 Å². The summed E-state index contributed by atoms with van der Waals surface area (Å²) >= 11 is 0. The Bertz CT molecular complexity index is 915. The summed E-state index contributed by atoms with van der Waals surface area (Å²) in [4.78, 5) is 16.8. The van der Waals surface area contributed by atoms with Crippen molar-refractivity contribution < 1.29 is 13.9 Å². The van der Waals surface area contributed by atoms with E-state index in [1.807, 2.05) is 62.4 Å². The number of nitrogens with zero attached hydrogens (tertiary/aromatic N) is 1. The number of rotatable bonds is 6. The molecule has 3 rings (SSSR count). The van der Waals surface area contributed by atoms with Gasteiger partial charge in [0, 0.05) is 6.54 Å². The maximum Gasteiger partial charge on any atom is 0.230 e. The molecular formula is C21H22N2O3. The molecule has 0 saturated heterocycles. The van der Waals surface area contributed by atoms with Gasteiger partial charge in [-0.3, -0.25) is 4.79 Å². The maximum absolute atomic E-state index is 12.3. The molecule has 0 fully saturated rings. The largest absolute Gasteiger partial charge is 0.496 e. The van der Waals surface area contributed by atoms with Crippen molar-refractivity contribution in [1.82, 2.24) is 10.3 Å². The van der Waals surface area contributed by atoms with Crippen LogP contribution in [0.4, 0.5) is 0 Å². The lowest BCUT2D eigenvalue weighted by molar-refractivity contribution is -0.120. The molecular weight excluding hydrogens is 328 g/mol. The summed E-state index contributed by atoms with van der Waals surface area (Å²) in [7, 11) is 1.61. The second-order valence-electron chi connectivity index (χ2n) is 6.10. The molecule has 0 saturated carbocycles. The first-order valence-corrected chi connectivity index (χ1v) is 8.49. The standard InChI is InChI=1S/C21H22N2O3/c1-14-8-4-5-9-16(14)13-22-20(24)12-18-15(2)26-21(23-18)17-10-6-7-11-19(17)25-3/h4-11H,12-13H2,1-3H3,(H,22,24). The van der Waals surface area contributed by atoms with Crippen LogP contribution in [-0.4, -0.2) is 18.0 Å². The number of hydrogen-bond acceptors (Lipinski definition) is 4. The molecule has 0 atom stereocenters. The highest BCUT2D eigenvalue weighted by Gasteiger charge is 2.17. The second kappa shape index (κ2) is 7.87. The lowest BCUT2D eigenvalue weighted by Gasteiger charge is -2.07. The molecule has 0 aliphatic rings. The summed E-state index contributed by atoms with van der Waals surface area (Å²) in [5.41, 5.74) is 3.66. The van der Waals surface area contributed by atoms with Gasteiger partial charge >= 0.3 is 0 Å². The average Bonchev–Trinajstić information content (AvgIpc) is 3.01. The Hall–Kier alpha value is -3.08. The SMILES string of the molecule is COc1ccccc1-c1nc(CC(=O)NCc2ccccc2C)c(C)o1. The van der Waals surface area contributed by atoms with E-state index in [2.05, 4.69) is 10.3 Å². The number of aromatic nitrogens is 1. The van der Waals surface area contributed by atoms with Gasteiger partial charge in [-0.2, -0.15) is 0 Å². The molecule has 1 heterocycles. The zero-order valence-electron chi connectivity index (χ0n) is 15.2. The van der Waals surface area contributed by atoms with Gasteiger partial charge in [0.05, 0.1) is 24.8 Å². The number of ether oxygens (including phenoxy) is 1. The molecule has 0 aliphatic heterocycles. The number of hydrogen-bond donors (Lipinski definition) is 1. The summed E-state index contributed by atoms with van der Waals surface area (Å²) in [6, 6.07) is 15.5. The minimum absolute atomic E-state index is 0.0868. The third-order valence-electron chi connectivity index (χ3n) is 4.30. The highest BCUT2D eigenvalue weighted by molar-refractivity contribution is 5.78. The van der Waals surface area contributed by atoms with Gasteiger partial charge in [-0.1, -0.05) is 36.4 Å². The second-order valence-corrected chi connectivity index (χ2v) is 6.10. The quantitative estimate of drug-likeness (QED) is 0.734. The molecule has 0 unspecified atom stereocenters. The fraction of sp³-hybridized carbons (Fsp3) is 0.238. The third kappa shape index (κ3) is 3.94. The minimum atomic E-state index is -0.0868. The molecule has 2 aromatic carbocycles. The van der Waals surface area contributed by atoms with Crippen LogP contribution in [0.3, 0.4) is 0 Å². The third-order valence-corrected chi connectivity index (χ3v) is 4.30. The van der Waals surface area contributed by atoms with Gasteiger partial charge in [-0.05, 0) is 37.1 Å². The lowest BCUT2D eigenvalue weighted by Crippen LogP contribution is -2.25. The summed E-state index contributed by atoms with van der Waals surface area (Å²) < 4.78 is 11.1. The van der Waals surface area contributed by atoms with Crippen LogP contribution in [0, 0.1) is 13.8 Å². The Balaban J connectivity index is 1.70. The first kappa shape index (κ1) is 17.7. The Labute approximate surface area is 153 Å². The number of amides is 1. The molecule has 1 aromatic heterocycles. The van der Waals surface area contributed by atoms with Gasteiger partial charge in [0.15, 0.2) is 0 Å².